The summed E-state index contributed by atoms with van der Waals surface area (Å²) in [7, 11) is 0. The van der Waals surface area contributed by atoms with Gasteiger partial charge in [0.15, 0.2) is 0 Å². The Hall–Kier alpha value is -1.55. The van der Waals surface area contributed by atoms with Crippen molar-refractivity contribution in [2.24, 2.45) is 11.3 Å². The largest absolute Gasteiger partial charge is 0.481 e. The van der Waals surface area contributed by atoms with E-state index in [1.54, 1.807) is 0 Å². The molecule has 2 unspecified atom stereocenters. The predicted molar refractivity (Wildman–Crippen MR) is 73.5 cm³/mol. The van der Waals surface area contributed by atoms with Crippen LogP contribution in [0.2, 0.25) is 5.02 Å². The number of aromatic nitrogens is 2. The second-order valence-electron chi connectivity index (χ2n) is 5.81. The molecular formula is C14H15ClN2O2. The number of halogens is 1. The fourth-order valence-electron chi connectivity index (χ4n) is 2.96. The van der Waals surface area contributed by atoms with E-state index in [2.05, 4.69) is 9.97 Å². The van der Waals surface area contributed by atoms with Crippen molar-refractivity contribution >= 4 is 28.6 Å². The Kier molecular flexibility index (Phi) is 2.45. The molecular weight excluding hydrogens is 264 g/mol. The zero-order valence-corrected chi connectivity index (χ0v) is 11.7. The molecule has 0 spiro atoms. The normalized spacial score (nSPS) is 24.6. The smallest absolute Gasteiger partial charge is 0.307 e. The number of imidazole rings is 1. The van der Waals surface area contributed by atoms with Crippen molar-refractivity contribution in [3.8, 4) is 0 Å². The van der Waals surface area contributed by atoms with E-state index in [0.717, 1.165) is 22.4 Å². The number of nitrogens with zero attached hydrogens (tertiary/aromatic N) is 1. The van der Waals surface area contributed by atoms with Gasteiger partial charge in [-0.05, 0) is 30.0 Å². The SMILES string of the molecule is Cc1c(Cl)ccc2[nH]c(C3C(C(=O)O)C3(C)C)nc12. The number of aromatic amines is 1. The van der Waals surface area contributed by atoms with Gasteiger partial charge in [-0.15, -0.1) is 0 Å². The molecule has 5 heteroatoms. The molecule has 2 atom stereocenters. The van der Waals surface area contributed by atoms with Crippen molar-refractivity contribution in [1.29, 1.82) is 0 Å². The van der Waals surface area contributed by atoms with Crippen LogP contribution in [0.4, 0.5) is 0 Å². The third-order valence-corrected chi connectivity index (χ3v) is 4.66. The summed E-state index contributed by atoms with van der Waals surface area (Å²) in [5, 5.41) is 9.91. The quantitative estimate of drug-likeness (QED) is 0.885. The lowest BCUT2D eigenvalue weighted by Crippen LogP contribution is -2.03. The minimum atomic E-state index is -0.759. The monoisotopic (exact) mass is 278 g/mol. The van der Waals surface area contributed by atoms with Gasteiger partial charge in [0.1, 0.15) is 5.82 Å². The molecule has 2 aromatic rings. The van der Waals surface area contributed by atoms with Crippen LogP contribution in [0.5, 0.6) is 0 Å². The minimum Gasteiger partial charge on any atom is -0.481 e. The number of rotatable bonds is 2. The Bertz CT molecular complexity index is 690. The first kappa shape index (κ1) is 12.5. The lowest BCUT2D eigenvalue weighted by atomic mass is 10.1. The number of fused-ring (bicyclic) bond motifs is 1. The summed E-state index contributed by atoms with van der Waals surface area (Å²) in [6.45, 7) is 5.84. The number of aryl methyl sites for hydroxylation is 1. The second kappa shape index (κ2) is 3.73. The summed E-state index contributed by atoms with van der Waals surface area (Å²) >= 11 is 6.08. The number of H-pyrrole nitrogens is 1. The first-order valence-corrected chi connectivity index (χ1v) is 6.59. The van der Waals surface area contributed by atoms with Crippen molar-refractivity contribution < 1.29 is 9.90 Å². The highest BCUT2D eigenvalue weighted by Gasteiger charge is 2.64. The van der Waals surface area contributed by atoms with Crippen LogP contribution < -0.4 is 0 Å². The van der Waals surface area contributed by atoms with Crippen molar-refractivity contribution in [2.45, 2.75) is 26.7 Å². The number of carbonyl (C=O) groups is 1. The number of hydrogen-bond acceptors (Lipinski definition) is 2. The standard InChI is InChI=1S/C14H15ClN2O2/c1-6-7(15)4-5-8-11(6)17-12(16-8)9-10(13(18)19)14(9,2)3/h4-5,9-10H,1-3H3,(H,16,17)(H,18,19). The Morgan fingerprint density at radius 3 is 2.74 bits per heavy atom. The average molecular weight is 279 g/mol. The van der Waals surface area contributed by atoms with Crippen molar-refractivity contribution in [2.75, 3.05) is 0 Å². The maximum atomic E-state index is 11.2. The van der Waals surface area contributed by atoms with Gasteiger partial charge in [0, 0.05) is 10.9 Å². The van der Waals surface area contributed by atoms with Gasteiger partial charge in [-0.3, -0.25) is 4.79 Å². The molecule has 0 bridgehead atoms. The number of hydrogen-bond donors (Lipinski definition) is 2. The van der Waals surface area contributed by atoms with E-state index in [0.29, 0.717) is 5.02 Å². The first-order chi connectivity index (χ1) is 8.84. The van der Waals surface area contributed by atoms with E-state index < -0.39 is 5.97 Å². The van der Waals surface area contributed by atoms with Crippen LogP contribution in [0, 0.1) is 18.3 Å². The van der Waals surface area contributed by atoms with Crippen molar-refractivity contribution in [3.63, 3.8) is 0 Å². The summed E-state index contributed by atoms with van der Waals surface area (Å²) in [4.78, 5) is 19.0. The summed E-state index contributed by atoms with van der Waals surface area (Å²) in [5.74, 6) is -0.442. The van der Waals surface area contributed by atoms with Crippen LogP contribution in [-0.4, -0.2) is 21.0 Å². The molecule has 1 heterocycles. The molecule has 1 fully saturated rings. The number of nitrogens with one attached hydrogen (secondary N) is 1. The number of carboxylic acid groups (broad SMARTS) is 1. The Morgan fingerprint density at radius 2 is 2.16 bits per heavy atom. The maximum absolute atomic E-state index is 11.2. The van der Waals surface area contributed by atoms with Crippen LogP contribution in [-0.2, 0) is 4.79 Å². The van der Waals surface area contributed by atoms with E-state index in [9.17, 15) is 9.90 Å². The van der Waals surface area contributed by atoms with E-state index in [4.69, 9.17) is 11.6 Å². The second-order valence-corrected chi connectivity index (χ2v) is 6.21. The molecule has 2 N–H and O–H groups in total. The number of aliphatic carboxylic acids is 1. The molecule has 0 saturated heterocycles. The fourth-order valence-corrected chi connectivity index (χ4v) is 3.12. The van der Waals surface area contributed by atoms with Crippen molar-refractivity contribution in [3.05, 3.63) is 28.5 Å². The van der Waals surface area contributed by atoms with Gasteiger partial charge in [-0.1, -0.05) is 25.4 Å². The topological polar surface area (TPSA) is 66.0 Å². The van der Waals surface area contributed by atoms with E-state index >= 15 is 0 Å². The summed E-state index contributed by atoms with van der Waals surface area (Å²) in [6.07, 6.45) is 0. The van der Waals surface area contributed by atoms with Crippen molar-refractivity contribution in [1.82, 2.24) is 9.97 Å². The maximum Gasteiger partial charge on any atom is 0.307 e. The molecule has 0 aliphatic heterocycles. The van der Waals surface area contributed by atoms with Crippen LogP contribution in [0.3, 0.4) is 0 Å². The molecule has 100 valence electrons. The van der Waals surface area contributed by atoms with Crippen LogP contribution >= 0.6 is 11.6 Å². The molecule has 4 nitrogen and oxygen atoms in total. The highest BCUT2D eigenvalue weighted by atomic mass is 35.5. The van der Waals surface area contributed by atoms with Crippen LogP contribution in [0.1, 0.15) is 31.2 Å². The van der Waals surface area contributed by atoms with Gasteiger partial charge in [-0.2, -0.15) is 0 Å². The molecule has 1 aromatic heterocycles. The fraction of sp³-hybridized carbons (Fsp3) is 0.429. The Balaban J connectivity index is 2.09. The summed E-state index contributed by atoms with van der Waals surface area (Å²) < 4.78 is 0. The molecule has 1 aliphatic rings. The van der Waals surface area contributed by atoms with Gasteiger partial charge in [-0.25, -0.2) is 4.98 Å². The molecule has 0 amide bonds. The van der Waals surface area contributed by atoms with Crippen LogP contribution in [0.25, 0.3) is 11.0 Å². The third-order valence-electron chi connectivity index (χ3n) is 4.25. The third kappa shape index (κ3) is 1.66. The predicted octanol–water partition coefficient (Wildman–Crippen LogP) is 3.35. The highest BCUT2D eigenvalue weighted by Crippen LogP contribution is 2.63. The van der Waals surface area contributed by atoms with E-state index in [1.807, 2.05) is 32.9 Å². The van der Waals surface area contributed by atoms with Gasteiger partial charge >= 0.3 is 5.97 Å². The average Bonchev–Trinajstić information content (AvgIpc) is 2.70. The molecule has 1 aliphatic carbocycles. The van der Waals surface area contributed by atoms with Gasteiger partial charge in [0.2, 0.25) is 0 Å². The number of benzene rings is 1. The van der Waals surface area contributed by atoms with E-state index in [1.165, 1.54) is 0 Å². The highest BCUT2D eigenvalue weighted by molar-refractivity contribution is 6.32. The van der Waals surface area contributed by atoms with Gasteiger partial charge < -0.3 is 10.1 Å². The molecule has 1 aromatic carbocycles. The minimum absolute atomic E-state index is 0.0597. The first-order valence-electron chi connectivity index (χ1n) is 6.21. The lowest BCUT2D eigenvalue weighted by Gasteiger charge is -1.97. The summed E-state index contributed by atoms with van der Waals surface area (Å²) in [6, 6.07) is 3.71. The Labute approximate surface area is 115 Å². The molecule has 19 heavy (non-hydrogen) atoms. The zero-order valence-electron chi connectivity index (χ0n) is 11.0. The molecule has 3 rings (SSSR count). The summed E-state index contributed by atoms with van der Waals surface area (Å²) in [5.41, 5.74) is 2.40. The Morgan fingerprint density at radius 1 is 1.47 bits per heavy atom. The lowest BCUT2D eigenvalue weighted by molar-refractivity contribution is -0.139. The van der Waals surface area contributed by atoms with E-state index in [-0.39, 0.29) is 17.3 Å². The zero-order chi connectivity index (χ0) is 13.9. The van der Waals surface area contributed by atoms with Gasteiger partial charge in [0.25, 0.3) is 0 Å². The molecule has 0 radical (unpaired) electrons. The van der Waals surface area contributed by atoms with Crippen LogP contribution in [0.15, 0.2) is 12.1 Å². The number of carboxylic acids is 1. The van der Waals surface area contributed by atoms with Gasteiger partial charge in [0.05, 0.1) is 17.0 Å². The molecule has 1 saturated carbocycles.